The van der Waals surface area contributed by atoms with Crippen LogP contribution in [0.15, 0.2) is 58.7 Å². The summed E-state index contributed by atoms with van der Waals surface area (Å²) in [6, 6.07) is 11.6. The monoisotopic (exact) mass is 442 g/mol. The zero-order valence-electron chi connectivity index (χ0n) is 15.6. The van der Waals surface area contributed by atoms with E-state index in [2.05, 4.69) is 20.8 Å². The van der Waals surface area contributed by atoms with Crippen molar-refractivity contribution in [3.8, 4) is 0 Å². The van der Waals surface area contributed by atoms with E-state index in [1.54, 1.807) is 12.1 Å². The Morgan fingerprint density at radius 2 is 1.74 bits per heavy atom. The van der Waals surface area contributed by atoms with Crippen LogP contribution in [0, 0.1) is 20.2 Å². The Balaban J connectivity index is 1.62. The van der Waals surface area contributed by atoms with Crippen LogP contribution >= 0.6 is 11.8 Å². The maximum Gasteiger partial charge on any atom is 0.292 e. The maximum atomic E-state index is 12.2. The third-order valence-electron chi connectivity index (χ3n) is 4.00. The molecule has 0 radical (unpaired) electrons. The summed E-state index contributed by atoms with van der Waals surface area (Å²) in [6.07, 6.45) is 0.946. The molecule has 1 fully saturated rings. The quantitative estimate of drug-likeness (QED) is 0.377. The molecule has 1 atom stereocenters. The van der Waals surface area contributed by atoms with Gasteiger partial charge in [0.2, 0.25) is 11.8 Å². The minimum atomic E-state index is -0.803. The number of hydrogen-bond acceptors (Lipinski definition) is 9. The molecule has 0 aliphatic carbocycles. The molecule has 1 aliphatic heterocycles. The third-order valence-corrected chi connectivity index (χ3v) is 5.07. The number of amides is 2. The SMILES string of the molecule is O=C(CC1S/C(=N/N=Cc2ccccc2[N+](=O)[O-])NC1=O)Nc1ccccc1[N+](=O)[O-]. The molecule has 31 heavy (non-hydrogen) atoms. The highest BCUT2D eigenvalue weighted by molar-refractivity contribution is 8.15. The van der Waals surface area contributed by atoms with Crippen LogP contribution in [0.4, 0.5) is 17.1 Å². The molecular weight excluding hydrogens is 428 g/mol. The van der Waals surface area contributed by atoms with Crippen molar-refractivity contribution < 1.29 is 19.4 Å². The second-order valence-corrected chi connectivity index (χ2v) is 7.28. The molecule has 0 bridgehead atoms. The Kier molecular flexibility index (Phi) is 6.67. The second-order valence-electron chi connectivity index (χ2n) is 6.09. The summed E-state index contributed by atoms with van der Waals surface area (Å²) < 4.78 is 0. The summed E-state index contributed by atoms with van der Waals surface area (Å²) in [4.78, 5) is 45.2. The lowest BCUT2D eigenvalue weighted by molar-refractivity contribution is -0.385. The molecule has 3 rings (SSSR count). The highest BCUT2D eigenvalue weighted by Crippen LogP contribution is 2.26. The molecule has 2 aromatic carbocycles. The van der Waals surface area contributed by atoms with Crippen molar-refractivity contribution in [2.24, 2.45) is 10.2 Å². The Morgan fingerprint density at radius 1 is 1.10 bits per heavy atom. The molecule has 1 saturated heterocycles. The number of hydrogen-bond donors (Lipinski definition) is 2. The van der Waals surface area contributed by atoms with Crippen molar-refractivity contribution in [1.29, 1.82) is 0 Å². The Hall–Kier alpha value is -4.13. The van der Waals surface area contributed by atoms with E-state index in [0.29, 0.717) is 0 Å². The number of nitrogens with zero attached hydrogens (tertiary/aromatic N) is 4. The fraction of sp³-hybridized carbons (Fsp3) is 0.111. The van der Waals surface area contributed by atoms with Crippen LogP contribution in [0.1, 0.15) is 12.0 Å². The first-order chi connectivity index (χ1) is 14.8. The number of nitro groups is 2. The van der Waals surface area contributed by atoms with Gasteiger partial charge in [0.25, 0.3) is 11.4 Å². The van der Waals surface area contributed by atoms with Gasteiger partial charge in [-0.15, -0.1) is 5.10 Å². The third kappa shape index (κ3) is 5.48. The summed E-state index contributed by atoms with van der Waals surface area (Å²) in [6.45, 7) is 0. The van der Waals surface area contributed by atoms with E-state index >= 15 is 0 Å². The fourth-order valence-corrected chi connectivity index (χ4v) is 3.53. The van der Waals surface area contributed by atoms with Crippen LogP contribution in [0.3, 0.4) is 0 Å². The van der Waals surface area contributed by atoms with Gasteiger partial charge < -0.3 is 10.6 Å². The van der Waals surface area contributed by atoms with E-state index in [0.717, 1.165) is 11.8 Å². The van der Waals surface area contributed by atoms with E-state index in [4.69, 9.17) is 0 Å². The first-order valence-electron chi connectivity index (χ1n) is 8.70. The number of nitrogens with one attached hydrogen (secondary N) is 2. The number of thioether (sulfide) groups is 1. The summed E-state index contributed by atoms with van der Waals surface area (Å²) in [5.74, 6) is -1.05. The zero-order chi connectivity index (χ0) is 22.4. The molecule has 1 aliphatic rings. The molecule has 2 amide bonds. The van der Waals surface area contributed by atoms with E-state index < -0.39 is 26.9 Å². The summed E-state index contributed by atoms with van der Waals surface area (Å²) >= 11 is 0.961. The van der Waals surface area contributed by atoms with Crippen molar-refractivity contribution in [2.75, 3.05) is 5.32 Å². The molecule has 0 spiro atoms. The van der Waals surface area contributed by atoms with Gasteiger partial charge in [0, 0.05) is 18.6 Å². The van der Waals surface area contributed by atoms with E-state index in [9.17, 15) is 29.8 Å². The number of benzene rings is 2. The van der Waals surface area contributed by atoms with Crippen LogP contribution < -0.4 is 10.6 Å². The summed E-state index contributed by atoms with van der Waals surface area (Å²) in [5, 5.41) is 33.8. The molecule has 2 N–H and O–H groups in total. The number of carbonyl (C=O) groups is 2. The topological polar surface area (TPSA) is 169 Å². The first-order valence-corrected chi connectivity index (χ1v) is 9.58. The van der Waals surface area contributed by atoms with Crippen molar-refractivity contribution in [3.05, 3.63) is 74.3 Å². The predicted octanol–water partition coefficient (Wildman–Crippen LogP) is 2.45. The molecule has 158 valence electrons. The lowest BCUT2D eigenvalue weighted by Gasteiger charge is -2.07. The van der Waals surface area contributed by atoms with E-state index in [1.165, 1.54) is 42.6 Å². The van der Waals surface area contributed by atoms with Gasteiger partial charge in [-0.25, -0.2) is 0 Å². The lowest BCUT2D eigenvalue weighted by Crippen LogP contribution is -2.28. The largest absolute Gasteiger partial charge is 0.320 e. The lowest BCUT2D eigenvalue weighted by atomic mass is 10.2. The maximum absolute atomic E-state index is 12.2. The van der Waals surface area contributed by atoms with Gasteiger partial charge in [-0.1, -0.05) is 36.0 Å². The van der Waals surface area contributed by atoms with Crippen LogP contribution in [-0.4, -0.2) is 38.3 Å². The average molecular weight is 442 g/mol. The number of nitro benzene ring substituents is 2. The Morgan fingerprint density at radius 3 is 2.45 bits per heavy atom. The molecule has 0 saturated carbocycles. The van der Waals surface area contributed by atoms with Crippen molar-refractivity contribution in [3.63, 3.8) is 0 Å². The van der Waals surface area contributed by atoms with Crippen LogP contribution in [-0.2, 0) is 9.59 Å². The van der Waals surface area contributed by atoms with Gasteiger partial charge in [0.1, 0.15) is 10.9 Å². The highest BCUT2D eigenvalue weighted by atomic mass is 32.2. The van der Waals surface area contributed by atoms with E-state index in [-0.39, 0.29) is 34.2 Å². The normalized spacial score (nSPS) is 17.0. The Bertz CT molecular complexity index is 1120. The summed E-state index contributed by atoms with van der Waals surface area (Å²) in [5.41, 5.74) is -0.125. The van der Waals surface area contributed by atoms with Crippen LogP contribution in [0.25, 0.3) is 0 Å². The van der Waals surface area contributed by atoms with Gasteiger partial charge >= 0.3 is 0 Å². The number of anilines is 1. The van der Waals surface area contributed by atoms with Crippen LogP contribution in [0.2, 0.25) is 0 Å². The molecular formula is C18H14N6O6S. The fourth-order valence-electron chi connectivity index (χ4n) is 2.60. The number of carbonyl (C=O) groups excluding carboxylic acids is 2. The molecule has 2 aromatic rings. The first kappa shape index (κ1) is 21.6. The number of amidine groups is 1. The number of rotatable bonds is 7. The van der Waals surface area contributed by atoms with Crippen LogP contribution in [0.5, 0.6) is 0 Å². The molecule has 1 heterocycles. The number of para-hydroxylation sites is 3. The second kappa shape index (κ2) is 9.58. The van der Waals surface area contributed by atoms with Crippen molar-refractivity contribution in [1.82, 2.24) is 5.32 Å². The van der Waals surface area contributed by atoms with Gasteiger partial charge in [-0.2, -0.15) is 5.10 Å². The predicted molar refractivity (Wildman–Crippen MR) is 114 cm³/mol. The molecule has 0 aromatic heterocycles. The highest BCUT2D eigenvalue weighted by Gasteiger charge is 2.32. The standard InChI is InChI=1S/C18H14N6O6S/c25-16(20-12-6-2-4-8-14(12)24(29)30)9-15-17(26)21-18(31-15)22-19-10-11-5-1-3-7-13(11)23(27)28/h1-8,10,15H,9H2,(H,20,25)(H,21,22,26). The molecule has 12 nitrogen and oxygen atoms in total. The zero-order valence-corrected chi connectivity index (χ0v) is 16.4. The van der Waals surface area contributed by atoms with Gasteiger partial charge in [-0.05, 0) is 12.1 Å². The van der Waals surface area contributed by atoms with Gasteiger partial charge in [-0.3, -0.25) is 29.8 Å². The molecule has 13 heteroatoms. The van der Waals surface area contributed by atoms with Crippen molar-refractivity contribution >= 4 is 52.0 Å². The minimum absolute atomic E-state index is 0.0313. The average Bonchev–Trinajstić information content (AvgIpc) is 3.07. The van der Waals surface area contributed by atoms with Gasteiger partial charge in [0.15, 0.2) is 5.17 Å². The molecule has 1 unspecified atom stereocenters. The van der Waals surface area contributed by atoms with Gasteiger partial charge in [0.05, 0.1) is 21.6 Å². The van der Waals surface area contributed by atoms with E-state index in [1.807, 2.05) is 0 Å². The summed E-state index contributed by atoms with van der Waals surface area (Å²) in [7, 11) is 0. The van der Waals surface area contributed by atoms with Crippen molar-refractivity contribution in [2.45, 2.75) is 11.7 Å². The minimum Gasteiger partial charge on any atom is -0.320 e. The Labute approximate surface area is 178 Å². The smallest absolute Gasteiger partial charge is 0.292 e.